The summed E-state index contributed by atoms with van der Waals surface area (Å²) in [4.78, 5) is 9.45. The van der Waals surface area contributed by atoms with Gasteiger partial charge in [0.2, 0.25) is 0 Å². The maximum absolute atomic E-state index is 11.1. The molecule has 0 aromatic heterocycles. The second kappa shape index (κ2) is 5.88. The number of hydrogen-bond acceptors (Lipinski definition) is 5. The van der Waals surface area contributed by atoms with Gasteiger partial charge in [-0.3, -0.25) is 4.18 Å². The van der Waals surface area contributed by atoms with E-state index < -0.39 is 27.7 Å². The first-order valence-corrected chi connectivity index (χ1v) is 4.64. The third-order valence-electron chi connectivity index (χ3n) is 0.860. The summed E-state index contributed by atoms with van der Waals surface area (Å²) >= 11 is 0. The number of alkyl halides is 3. The summed E-state index contributed by atoms with van der Waals surface area (Å²) in [6.07, 6.45) is -1.23. The molecule has 0 aliphatic carbocycles. The second-order valence-electron chi connectivity index (χ2n) is 2.08. The number of aliphatic hydroxyl groups is 1. The molecule has 0 aliphatic rings. The summed E-state index contributed by atoms with van der Waals surface area (Å²) in [6.45, 7) is 1.20. The quantitative estimate of drug-likeness (QED) is 0.528. The number of hydrogen-bond donors (Lipinski definition) is 2. The normalized spacial score (nSPS) is 13.7. The lowest BCUT2D eigenvalue weighted by atomic mass is 10.4. The van der Waals surface area contributed by atoms with Gasteiger partial charge in [0, 0.05) is 0 Å². The molecule has 0 aliphatic heterocycles. The molecule has 15 heavy (non-hydrogen) atoms. The lowest BCUT2D eigenvalue weighted by Gasteiger charge is -2.02. The number of rotatable bonds is 2. The first-order chi connectivity index (χ1) is 6.45. The number of aliphatic hydroxyl groups excluding tert-OH is 1. The lowest BCUT2D eigenvalue weighted by molar-refractivity contribution is -0.145. The average molecular weight is 254 g/mol. The summed E-state index contributed by atoms with van der Waals surface area (Å²) in [6, 6.07) is 0. The minimum absolute atomic E-state index is 0.447. The zero-order chi connectivity index (χ0) is 12.9. The Bertz CT molecular complexity index is 292. The number of halogens is 3. The first-order valence-electron chi connectivity index (χ1n) is 3.23. The molecular weight excluding hydrogens is 245 g/mol. The molecule has 0 aromatic carbocycles. The largest absolute Gasteiger partial charge is 0.523 e. The molecule has 0 unspecified atom stereocenters. The Morgan fingerprint density at radius 1 is 1.40 bits per heavy atom. The lowest BCUT2D eigenvalue weighted by Crippen LogP contribution is -2.23. The maximum Gasteiger partial charge on any atom is 0.523 e. The van der Waals surface area contributed by atoms with E-state index in [1.165, 1.54) is 6.92 Å². The molecule has 0 spiro atoms. The van der Waals surface area contributed by atoms with Gasteiger partial charge in [-0.15, -0.1) is 0 Å². The average Bonchev–Trinajstić information content (AvgIpc) is 2.03. The van der Waals surface area contributed by atoms with Gasteiger partial charge < -0.3 is 10.2 Å². The van der Waals surface area contributed by atoms with Crippen LogP contribution >= 0.6 is 0 Å². The van der Waals surface area contributed by atoms with Gasteiger partial charge in [-0.25, -0.2) is 4.79 Å². The predicted molar refractivity (Wildman–Crippen MR) is 41.3 cm³/mol. The number of carboxylic acid groups (broad SMARTS) is 1. The SMILES string of the molecule is COS(=O)(=O)C(F)(F)F.C[C@@H](O)C(=O)O. The Labute approximate surface area is 83.4 Å². The molecule has 0 fully saturated rings. The van der Waals surface area contributed by atoms with E-state index in [1.54, 1.807) is 0 Å². The van der Waals surface area contributed by atoms with Crippen molar-refractivity contribution in [2.75, 3.05) is 7.11 Å². The van der Waals surface area contributed by atoms with Gasteiger partial charge in [-0.05, 0) is 6.92 Å². The van der Waals surface area contributed by atoms with E-state index in [0.717, 1.165) is 0 Å². The van der Waals surface area contributed by atoms with Crippen molar-refractivity contribution in [1.82, 2.24) is 0 Å². The van der Waals surface area contributed by atoms with E-state index in [4.69, 9.17) is 10.2 Å². The third-order valence-corrected chi connectivity index (χ3v) is 1.87. The summed E-state index contributed by atoms with van der Waals surface area (Å²) in [5.41, 5.74) is -5.30. The highest BCUT2D eigenvalue weighted by atomic mass is 32.2. The van der Waals surface area contributed by atoms with E-state index in [0.29, 0.717) is 7.11 Å². The zero-order valence-corrected chi connectivity index (χ0v) is 8.46. The molecule has 0 radical (unpaired) electrons. The van der Waals surface area contributed by atoms with Crippen LogP contribution in [0.3, 0.4) is 0 Å². The molecule has 0 saturated heterocycles. The third kappa shape index (κ3) is 7.11. The molecular formula is C5H9F3O6S. The van der Waals surface area contributed by atoms with Crippen molar-refractivity contribution >= 4 is 16.1 Å². The molecule has 6 nitrogen and oxygen atoms in total. The molecule has 0 amide bonds. The Balaban J connectivity index is 0. The summed E-state index contributed by atoms with van der Waals surface area (Å²) in [5, 5.41) is 15.8. The van der Waals surface area contributed by atoms with E-state index in [9.17, 15) is 26.4 Å². The van der Waals surface area contributed by atoms with Gasteiger partial charge in [0.1, 0.15) is 6.10 Å². The molecule has 0 bridgehead atoms. The van der Waals surface area contributed by atoms with Crippen LogP contribution in [0.25, 0.3) is 0 Å². The predicted octanol–water partition coefficient (Wildman–Crippen LogP) is -0.0658. The van der Waals surface area contributed by atoms with Crippen LogP contribution in [0.4, 0.5) is 13.2 Å². The van der Waals surface area contributed by atoms with E-state index in [-0.39, 0.29) is 0 Å². The van der Waals surface area contributed by atoms with Crippen LogP contribution in [-0.2, 0) is 19.1 Å². The summed E-state index contributed by atoms with van der Waals surface area (Å²) < 4.78 is 55.9. The van der Waals surface area contributed by atoms with Crippen LogP contribution in [0.5, 0.6) is 0 Å². The summed E-state index contributed by atoms with van der Waals surface area (Å²) in [7, 11) is -4.89. The van der Waals surface area contributed by atoms with Crippen LogP contribution in [0, 0.1) is 0 Å². The smallest absolute Gasteiger partial charge is 0.479 e. The van der Waals surface area contributed by atoms with Gasteiger partial charge in [-0.1, -0.05) is 0 Å². The van der Waals surface area contributed by atoms with Crippen LogP contribution in [0.1, 0.15) is 6.92 Å². The van der Waals surface area contributed by atoms with Gasteiger partial charge in [-0.2, -0.15) is 21.6 Å². The van der Waals surface area contributed by atoms with Crippen molar-refractivity contribution in [3.8, 4) is 0 Å². The maximum atomic E-state index is 11.1. The minimum atomic E-state index is -5.34. The first kappa shape index (κ1) is 16.6. The fraction of sp³-hybridized carbons (Fsp3) is 0.800. The molecule has 0 heterocycles. The fourth-order valence-corrected chi connectivity index (χ4v) is 0.283. The van der Waals surface area contributed by atoms with Gasteiger partial charge in [0.25, 0.3) is 0 Å². The highest BCUT2D eigenvalue weighted by Crippen LogP contribution is 2.23. The van der Waals surface area contributed by atoms with Crippen molar-refractivity contribution in [1.29, 1.82) is 0 Å². The van der Waals surface area contributed by atoms with Crippen molar-refractivity contribution in [2.45, 2.75) is 18.5 Å². The molecule has 2 N–H and O–H groups in total. The van der Waals surface area contributed by atoms with E-state index in [2.05, 4.69) is 4.18 Å². The Hall–Kier alpha value is -0.870. The zero-order valence-electron chi connectivity index (χ0n) is 7.65. The molecule has 0 saturated carbocycles. The number of aliphatic carboxylic acids is 1. The van der Waals surface area contributed by atoms with Crippen molar-refractivity contribution < 1.29 is 40.8 Å². The van der Waals surface area contributed by atoms with Crippen molar-refractivity contribution in [2.24, 2.45) is 0 Å². The highest BCUT2D eigenvalue weighted by Gasteiger charge is 2.46. The molecule has 92 valence electrons. The van der Waals surface area contributed by atoms with Crippen molar-refractivity contribution in [3.05, 3.63) is 0 Å². The topological polar surface area (TPSA) is 101 Å². The monoisotopic (exact) mass is 254 g/mol. The van der Waals surface area contributed by atoms with Gasteiger partial charge in [0.15, 0.2) is 0 Å². The summed E-state index contributed by atoms with van der Waals surface area (Å²) in [5.74, 6) is -1.19. The van der Waals surface area contributed by atoms with Crippen LogP contribution in [-0.4, -0.2) is 43.3 Å². The highest BCUT2D eigenvalue weighted by molar-refractivity contribution is 7.87. The van der Waals surface area contributed by atoms with Crippen LogP contribution in [0.15, 0.2) is 0 Å². The molecule has 0 aromatic rings. The van der Waals surface area contributed by atoms with Gasteiger partial charge >= 0.3 is 21.6 Å². The Morgan fingerprint density at radius 3 is 1.67 bits per heavy atom. The minimum Gasteiger partial charge on any atom is -0.479 e. The molecule has 0 rings (SSSR count). The number of carbonyl (C=O) groups is 1. The van der Waals surface area contributed by atoms with Gasteiger partial charge in [0.05, 0.1) is 7.11 Å². The van der Waals surface area contributed by atoms with Crippen LogP contribution < -0.4 is 0 Å². The van der Waals surface area contributed by atoms with Crippen molar-refractivity contribution in [3.63, 3.8) is 0 Å². The second-order valence-corrected chi connectivity index (χ2v) is 3.79. The molecule has 10 heteroatoms. The number of carboxylic acids is 1. The molecule has 1 atom stereocenters. The standard InChI is InChI=1S/C3H6O3.C2H3F3O3S/c1-2(4)3(5)6;1-8-9(6,7)2(3,4)5/h2,4H,1H3,(H,5,6);1H3/t2-;/m1./s1. The Morgan fingerprint density at radius 2 is 1.67 bits per heavy atom. The van der Waals surface area contributed by atoms with Crippen LogP contribution in [0.2, 0.25) is 0 Å². The Kier molecular flexibility index (Phi) is 6.49. The fourth-order valence-electron chi connectivity index (χ4n) is 0.0945. The van der Waals surface area contributed by atoms with E-state index in [1.807, 2.05) is 0 Å². The van der Waals surface area contributed by atoms with E-state index >= 15 is 0 Å².